The van der Waals surface area contributed by atoms with Crippen LogP contribution >= 0.6 is 15.9 Å². The first-order valence-corrected chi connectivity index (χ1v) is 7.41. The molecule has 1 aromatic rings. The van der Waals surface area contributed by atoms with Gasteiger partial charge in [-0.15, -0.1) is 0 Å². The van der Waals surface area contributed by atoms with E-state index in [0.717, 1.165) is 25.9 Å². The molecule has 1 atom stereocenters. The van der Waals surface area contributed by atoms with Gasteiger partial charge in [0.05, 0.1) is 0 Å². The topological polar surface area (TPSA) is 55.6 Å². The molecule has 0 N–H and O–H groups in total. The van der Waals surface area contributed by atoms with E-state index in [0.29, 0.717) is 28.8 Å². The lowest BCUT2D eigenvalue weighted by Gasteiger charge is -2.32. The standard InChI is InChI=1S/C13H19BrN2O3/c1-9(14)10-3-5-16(6-4-10)13(17)12-7-11(8-18-2)19-15-12/h7,9-10H,3-6,8H2,1-2H3. The number of carbonyl (C=O) groups is 1. The molecule has 0 aliphatic carbocycles. The molecule has 0 radical (unpaired) electrons. The number of alkyl halides is 1. The van der Waals surface area contributed by atoms with Gasteiger partial charge in [-0.25, -0.2) is 0 Å². The van der Waals surface area contributed by atoms with Gasteiger partial charge in [0.1, 0.15) is 6.61 Å². The van der Waals surface area contributed by atoms with Crippen LogP contribution in [0.2, 0.25) is 0 Å². The van der Waals surface area contributed by atoms with Crippen LogP contribution in [0.3, 0.4) is 0 Å². The third kappa shape index (κ3) is 3.57. The molecule has 1 aliphatic heterocycles. The average molecular weight is 331 g/mol. The first-order chi connectivity index (χ1) is 9.11. The first-order valence-electron chi connectivity index (χ1n) is 6.49. The number of methoxy groups -OCH3 is 1. The molecule has 2 heterocycles. The lowest BCUT2D eigenvalue weighted by Crippen LogP contribution is -2.40. The summed E-state index contributed by atoms with van der Waals surface area (Å²) >= 11 is 3.61. The van der Waals surface area contributed by atoms with Crippen LogP contribution in [-0.2, 0) is 11.3 Å². The summed E-state index contributed by atoms with van der Waals surface area (Å²) in [5.74, 6) is 1.17. The molecule has 19 heavy (non-hydrogen) atoms. The van der Waals surface area contributed by atoms with Gasteiger partial charge in [-0.3, -0.25) is 4.79 Å². The number of aromatic nitrogens is 1. The summed E-state index contributed by atoms with van der Waals surface area (Å²) in [6, 6.07) is 1.66. The Kier molecular flexibility index (Phi) is 4.99. The first kappa shape index (κ1) is 14.5. The Morgan fingerprint density at radius 2 is 2.32 bits per heavy atom. The fourth-order valence-electron chi connectivity index (χ4n) is 2.35. The van der Waals surface area contributed by atoms with Gasteiger partial charge in [0.15, 0.2) is 11.5 Å². The van der Waals surface area contributed by atoms with Crippen molar-refractivity contribution in [3.05, 3.63) is 17.5 Å². The van der Waals surface area contributed by atoms with Crippen molar-refractivity contribution in [1.29, 1.82) is 0 Å². The smallest absolute Gasteiger partial charge is 0.276 e. The monoisotopic (exact) mass is 330 g/mol. The highest BCUT2D eigenvalue weighted by molar-refractivity contribution is 9.09. The molecule has 2 rings (SSSR count). The normalized spacial score (nSPS) is 18.6. The minimum Gasteiger partial charge on any atom is -0.377 e. The summed E-state index contributed by atoms with van der Waals surface area (Å²) in [5, 5.41) is 3.81. The third-order valence-corrected chi connectivity index (χ3v) is 4.29. The second-order valence-electron chi connectivity index (χ2n) is 4.92. The van der Waals surface area contributed by atoms with E-state index in [4.69, 9.17) is 9.26 Å². The molecule has 0 spiro atoms. The van der Waals surface area contributed by atoms with E-state index < -0.39 is 0 Å². The predicted octanol–water partition coefficient (Wildman–Crippen LogP) is 2.46. The van der Waals surface area contributed by atoms with E-state index >= 15 is 0 Å². The molecule has 0 bridgehead atoms. The van der Waals surface area contributed by atoms with E-state index in [9.17, 15) is 4.79 Å². The van der Waals surface area contributed by atoms with Gasteiger partial charge < -0.3 is 14.2 Å². The molecule has 106 valence electrons. The van der Waals surface area contributed by atoms with Crippen LogP contribution in [0.25, 0.3) is 0 Å². The minimum atomic E-state index is -0.0493. The number of nitrogens with zero attached hydrogens (tertiary/aromatic N) is 2. The van der Waals surface area contributed by atoms with Crippen LogP contribution in [0.4, 0.5) is 0 Å². The van der Waals surface area contributed by atoms with Crippen LogP contribution in [0.15, 0.2) is 10.6 Å². The summed E-state index contributed by atoms with van der Waals surface area (Å²) in [6.45, 7) is 4.07. The molecule has 1 aliphatic rings. The largest absolute Gasteiger partial charge is 0.377 e. The Morgan fingerprint density at radius 3 is 2.89 bits per heavy atom. The van der Waals surface area contributed by atoms with E-state index in [1.165, 1.54) is 0 Å². The highest BCUT2D eigenvalue weighted by Gasteiger charge is 2.27. The second-order valence-corrected chi connectivity index (χ2v) is 6.36. The summed E-state index contributed by atoms with van der Waals surface area (Å²) in [4.78, 5) is 14.6. The number of piperidine rings is 1. The molecule has 6 heteroatoms. The zero-order valence-corrected chi connectivity index (χ0v) is 12.9. The Morgan fingerprint density at radius 1 is 1.63 bits per heavy atom. The average Bonchev–Trinajstić information content (AvgIpc) is 2.87. The molecule has 1 aromatic heterocycles. The van der Waals surface area contributed by atoms with E-state index in [-0.39, 0.29) is 5.91 Å². The van der Waals surface area contributed by atoms with E-state index in [1.54, 1.807) is 13.2 Å². The minimum absolute atomic E-state index is 0.0493. The lowest BCUT2D eigenvalue weighted by molar-refractivity contribution is 0.0680. The molecule has 5 nitrogen and oxygen atoms in total. The van der Waals surface area contributed by atoms with Gasteiger partial charge in [-0.2, -0.15) is 0 Å². The molecular formula is C13H19BrN2O3. The van der Waals surface area contributed by atoms with Crippen LogP contribution in [0.1, 0.15) is 36.0 Å². The Bertz CT molecular complexity index is 425. The van der Waals surface area contributed by atoms with Gasteiger partial charge in [0.25, 0.3) is 5.91 Å². The fraction of sp³-hybridized carbons (Fsp3) is 0.692. The van der Waals surface area contributed by atoms with Crippen molar-refractivity contribution in [2.75, 3.05) is 20.2 Å². The van der Waals surface area contributed by atoms with Gasteiger partial charge in [0, 0.05) is 31.1 Å². The molecule has 1 fully saturated rings. The maximum Gasteiger partial charge on any atom is 0.276 e. The number of rotatable bonds is 4. The number of hydrogen-bond acceptors (Lipinski definition) is 4. The van der Waals surface area contributed by atoms with Crippen molar-refractivity contribution in [2.45, 2.75) is 31.2 Å². The summed E-state index contributed by atoms with van der Waals surface area (Å²) in [7, 11) is 1.58. The Labute approximate surface area is 121 Å². The van der Waals surface area contributed by atoms with Crippen LogP contribution in [0, 0.1) is 5.92 Å². The number of halogens is 1. The zero-order valence-electron chi connectivity index (χ0n) is 11.3. The number of likely N-dealkylation sites (tertiary alicyclic amines) is 1. The van der Waals surface area contributed by atoms with E-state index in [1.807, 2.05) is 4.90 Å². The maximum atomic E-state index is 12.2. The number of ether oxygens (including phenoxy) is 1. The van der Waals surface area contributed by atoms with Gasteiger partial charge >= 0.3 is 0 Å². The number of carbonyl (C=O) groups excluding carboxylic acids is 1. The summed E-state index contributed by atoms with van der Waals surface area (Å²) in [5.41, 5.74) is 0.373. The van der Waals surface area contributed by atoms with Crippen molar-refractivity contribution in [3.63, 3.8) is 0 Å². The maximum absolute atomic E-state index is 12.2. The predicted molar refractivity (Wildman–Crippen MR) is 74.2 cm³/mol. The van der Waals surface area contributed by atoms with Crippen molar-refractivity contribution >= 4 is 21.8 Å². The lowest BCUT2D eigenvalue weighted by atomic mass is 9.94. The molecule has 1 amide bonds. The molecule has 1 saturated heterocycles. The van der Waals surface area contributed by atoms with Gasteiger partial charge in [0.2, 0.25) is 0 Å². The quantitative estimate of drug-likeness (QED) is 0.796. The number of amides is 1. The van der Waals surface area contributed by atoms with Crippen molar-refractivity contribution in [1.82, 2.24) is 10.1 Å². The van der Waals surface area contributed by atoms with Gasteiger partial charge in [-0.1, -0.05) is 28.0 Å². The molecule has 1 unspecified atom stereocenters. The Balaban J connectivity index is 1.93. The van der Waals surface area contributed by atoms with E-state index in [2.05, 4.69) is 28.0 Å². The SMILES string of the molecule is COCc1cc(C(=O)N2CCC(C(C)Br)CC2)no1. The highest BCUT2D eigenvalue weighted by Crippen LogP contribution is 2.25. The molecule has 0 aromatic carbocycles. The van der Waals surface area contributed by atoms with Gasteiger partial charge in [-0.05, 0) is 18.8 Å². The van der Waals surface area contributed by atoms with Crippen molar-refractivity contribution < 1.29 is 14.1 Å². The van der Waals surface area contributed by atoms with Crippen LogP contribution in [-0.4, -0.2) is 41.0 Å². The summed E-state index contributed by atoms with van der Waals surface area (Å²) in [6.07, 6.45) is 2.06. The summed E-state index contributed by atoms with van der Waals surface area (Å²) < 4.78 is 9.99. The van der Waals surface area contributed by atoms with Crippen molar-refractivity contribution in [3.8, 4) is 0 Å². The van der Waals surface area contributed by atoms with Crippen molar-refractivity contribution in [2.24, 2.45) is 5.92 Å². The molecular weight excluding hydrogens is 312 g/mol. The number of hydrogen-bond donors (Lipinski definition) is 0. The van der Waals surface area contributed by atoms with Crippen LogP contribution in [0.5, 0.6) is 0 Å². The third-order valence-electron chi connectivity index (χ3n) is 3.54. The highest BCUT2D eigenvalue weighted by atomic mass is 79.9. The second kappa shape index (κ2) is 6.52. The fourth-order valence-corrected chi connectivity index (χ4v) is 2.88. The Hall–Kier alpha value is -0.880. The molecule has 0 saturated carbocycles. The zero-order chi connectivity index (χ0) is 13.8. The van der Waals surface area contributed by atoms with Crippen LogP contribution < -0.4 is 0 Å².